The smallest absolute Gasteiger partial charge is 0.267 e. The SMILES string of the molecule is O=C(CSc1nc2sc3c(c2c(=O)n1-c1ccccc1)CCCCC3)c1ccc(Br)cc1. The average Bonchev–Trinajstić information content (AvgIpc) is 3.00. The summed E-state index contributed by atoms with van der Waals surface area (Å²) in [4.78, 5) is 33.6. The zero-order valence-corrected chi connectivity index (χ0v) is 20.6. The minimum Gasteiger partial charge on any atom is -0.293 e. The number of carbonyl (C=O) groups excluding carboxylic acids is 1. The van der Waals surface area contributed by atoms with Crippen LogP contribution in [0.2, 0.25) is 0 Å². The zero-order chi connectivity index (χ0) is 22.1. The van der Waals surface area contributed by atoms with Gasteiger partial charge in [0, 0.05) is 14.9 Å². The van der Waals surface area contributed by atoms with E-state index in [1.165, 1.54) is 28.6 Å². The molecule has 4 nitrogen and oxygen atoms in total. The van der Waals surface area contributed by atoms with Gasteiger partial charge in [-0.25, -0.2) is 4.98 Å². The lowest BCUT2D eigenvalue weighted by Gasteiger charge is -2.12. The molecular formula is C25H21BrN2O2S2. The monoisotopic (exact) mass is 524 g/mol. The number of hydrogen-bond donors (Lipinski definition) is 0. The number of fused-ring (bicyclic) bond motifs is 3. The van der Waals surface area contributed by atoms with Crippen molar-refractivity contribution in [2.45, 2.75) is 37.3 Å². The quantitative estimate of drug-likeness (QED) is 0.130. The second kappa shape index (κ2) is 9.33. The molecule has 0 amide bonds. The summed E-state index contributed by atoms with van der Waals surface area (Å²) < 4.78 is 2.61. The highest BCUT2D eigenvalue weighted by Gasteiger charge is 2.22. The summed E-state index contributed by atoms with van der Waals surface area (Å²) in [5.74, 6) is 0.232. The van der Waals surface area contributed by atoms with Gasteiger partial charge in [0.05, 0.1) is 16.8 Å². The van der Waals surface area contributed by atoms with E-state index in [4.69, 9.17) is 4.98 Å². The Kier molecular flexibility index (Phi) is 6.31. The van der Waals surface area contributed by atoms with Gasteiger partial charge in [0.1, 0.15) is 4.83 Å². The van der Waals surface area contributed by atoms with E-state index >= 15 is 0 Å². The summed E-state index contributed by atoms with van der Waals surface area (Å²) in [5.41, 5.74) is 2.59. The average molecular weight is 525 g/mol. The highest BCUT2D eigenvalue weighted by molar-refractivity contribution is 9.10. The molecule has 0 fully saturated rings. The number of aryl methyl sites for hydroxylation is 2. The number of carbonyl (C=O) groups is 1. The fraction of sp³-hybridized carbons (Fsp3) is 0.240. The molecule has 4 aromatic rings. The predicted octanol–water partition coefficient (Wildman–Crippen LogP) is 6.45. The summed E-state index contributed by atoms with van der Waals surface area (Å²) in [6, 6.07) is 16.9. The number of aromatic nitrogens is 2. The van der Waals surface area contributed by atoms with Gasteiger partial charge in [-0.3, -0.25) is 14.2 Å². The van der Waals surface area contributed by atoms with Crippen molar-refractivity contribution >= 4 is 55.0 Å². The molecule has 1 aliphatic rings. The molecule has 0 aliphatic heterocycles. The number of para-hydroxylation sites is 1. The molecule has 0 spiro atoms. The molecular weight excluding hydrogens is 504 g/mol. The zero-order valence-electron chi connectivity index (χ0n) is 17.3. The van der Waals surface area contributed by atoms with E-state index < -0.39 is 0 Å². The Balaban J connectivity index is 1.58. The number of benzene rings is 2. The van der Waals surface area contributed by atoms with E-state index in [1.54, 1.807) is 15.9 Å². The molecule has 0 atom stereocenters. The van der Waals surface area contributed by atoms with Crippen LogP contribution in [0.25, 0.3) is 15.9 Å². The number of halogens is 1. The van der Waals surface area contributed by atoms with Gasteiger partial charge in [-0.2, -0.15) is 0 Å². The number of Topliss-reactive ketones (excluding diaryl/α,β-unsaturated/α-hetero) is 1. The van der Waals surface area contributed by atoms with Crippen LogP contribution in [0.15, 0.2) is 69.0 Å². The van der Waals surface area contributed by atoms with Crippen molar-refractivity contribution in [3.05, 3.63) is 85.4 Å². The molecule has 2 aromatic carbocycles. The van der Waals surface area contributed by atoms with Crippen LogP contribution in [0.4, 0.5) is 0 Å². The summed E-state index contributed by atoms with van der Waals surface area (Å²) >= 11 is 6.38. The van der Waals surface area contributed by atoms with Gasteiger partial charge in [0.2, 0.25) is 0 Å². The summed E-state index contributed by atoms with van der Waals surface area (Å²) in [6.45, 7) is 0. The first kappa shape index (κ1) is 21.6. The first-order valence-electron chi connectivity index (χ1n) is 10.7. The van der Waals surface area contributed by atoms with Gasteiger partial charge in [-0.05, 0) is 55.5 Å². The van der Waals surface area contributed by atoms with Gasteiger partial charge in [-0.1, -0.05) is 64.4 Å². The molecule has 2 heterocycles. The molecule has 5 rings (SSSR count). The fourth-order valence-corrected chi connectivity index (χ4v) is 6.59. The number of thiophene rings is 1. The normalized spacial score (nSPS) is 13.7. The Labute approximate surface area is 202 Å². The van der Waals surface area contributed by atoms with Crippen LogP contribution in [-0.2, 0) is 12.8 Å². The Morgan fingerprint density at radius 3 is 2.56 bits per heavy atom. The maximum atomic E-state index is 13.8. The van der Waals surface area contributed by atoms with E-state index in [2.05, 4.69) is 15.9 Å². The molecule has 1 aliphatic carbocycles. The number of nitrogens with zero attached hydrogens (tertiary/aromatic N) is 2. The second-order valence-corrected chi connectivity index (χ2v) is 10.8. The molecule has 0 unspecified atom stereocenters. The first-order chi connectivity index (χ1) is 15.6. The van der Waals surface area contributed by atoms with Crippen molar-refractivity contribution < 1.29 is 4.79 Å². The predicted molar refractivity (Wildman–Crippen MR) is 136 cm³/mol. The molecule has 32 heavy (non-hydrogen) atoms. The fourth-order valence-electron chi connectivity index (χ4n) is 4.11. The van der Waals surface area contributed by atoms with Crippen molar-refractivity contribution in [2.24, 2.45) is 0 Å². The van der Waals surface area contributed by atoms with Gasteiger partial charge in [0.15, 0.2) is 10.9 Å². The van der Waals surface area contributed by atoms with Crippen LogP contribution in [-0.4, -0.2) is 21.1 Å². The topological polar surface area (TPSA) is 52.0 Å². The molecule has 0 saturated heterocycles. The van der Waals surface area contributed by atoms with Crippen molar-refractivity contribution in [3.8, 4) is 5.69 Å². The highest BCUT2D eigenvalue weighted by atomic mass is 79.9. The van der Waals surface area contributed by atoms with E-state index in [1.807, 2.05) is 54.6 Å². The molecule has 0 N–H and O–H groups in total. The largest absolute Gasteiger partial charge is 0.293 e. The van der Waals surface area contributed by atoms with E-state index in [9.17, 15) is 9.59 Å². The van der Waals surface area contributed by atoms with Crippen molar-refractivity contribution in [1.29, 1.82) is 0 Å². The molecule has 7 heteroatoms. The van der Waals surface area contributed by atoms with Crippen LogP contribution in [0.3, 0.4) is 0 Å². The third-order valence-corrected chi connectivity index (χ3v) is 8.37. The Hall–Kier alpha value is -2.22. The van der Waals surface area contributed by atoms with Crippen LogP contribution in [0, 0.1) is 0 Å². The minimum absolute atomic E-state index is 0.0124. The van der Waals surface area contributed by atoms with Gasteiger partial charge < -0.3 is 0 Å². The molecule has 0 bridgehead atoms. The minimum atomic E-state index is -0.0285. The third kappa shape index (κ3) is 4.21. The van der Waals surface area contributed by atoms with E-state index in [0.717, 1.165) is 46.1 Å². The first-order valence-corrected chi connectivity index (χ1v) is 13.3. The maximum Gasteiger partial charge on any atom is 0.267 e. The number of hydrogen-bond acceptors (Lipinski definition) is 5. The molecule has 0 saturated carbocycles. The van der Waals surface area contributed by atoms with Crippen LogP contribution < -0.4 is 5.56 Å². The van der Waals surface area contributed by atoms with Gasteiger partial charge in [-0.15, -0.1) is 11.3 Å². The summed E-state index contributed by atoms with van der Waals surface area (Å²) in [6.07, 6.45) is 5.44. The van der Waals surface area contributed by atoms with Gasteiger partial charge in [0.25, 0.3) is 5.56 Å². The molecule has 2 aromatic heterocycles. The Morgan fingerprint density at radius 2 is 1.78 bits per heavy atom. The highest BCUT2D eigenvalue weighted by Crippen LogP contribution is 2.34. The Morgan fingerprint density at radius 1 is 1.03 bits per heavy atom. The molecule has 0 radical (unpaired) electrons. The van der Waals surface area contributed by atoms with Gasteiger partial charge >= 0.3 is 0 Å². The standard InChI is InChI=1S/C25H21BrN2O2S2/c26-17-13-11-16(12-14-17)20(29)15-31-25-27-23-22(19-9-5-2-6-10-21(19)32-23)24(30)28(25)18-7-3-1-4-8-18/h1,3-4,7-8,11-14H,2,5-6,9-10,15H2. The van der Waals surface area contributed by atoms with Crippen molar-refractivity contribution in [3.63, 3.8) is 0 Å². The third-order valence-electron chi connectivity index (χ3n) is 5.72. The number of ketones is 1. The second-order valence-electron chi connectivity index (χ2n) is 7.83. The number of rotatable bonds is 5. The van der Waals surface area contributed by atoms with Crippen LogP contribution in [0.1, 0.15) is 40.1 Å². The molecule has 162 valence electrons. The van der Waals surface area contributed by atoms with Crippen molar-refractivity contribution in [1.82, 2.24) is 9.55 Å². The lowest BCUT2D eigenvalue weighted by Crippen LogP contribution is -2.22. The summed E-state index contributed by atoms with van der Waals surface area (Å²) in [5, 5.41) is 1.33. The van der Waals surface area contributed by atoms with E-state index in [-0.39, 0.29) is 17.1 Å². The van der Waals surface area contributed by atoms with Crippen LogP contribution >= 0.6 is 39.0 Å². The summed E-state index contributed by atoms with van der Waals surface area (Å²) in [7, 11) is 0. The lowest BCUT2D eigenvalue weighted by atomic mass is 10.1. The lowest BCUT2D eigenvalue weighted by molar-refractivity contribution is 0.102. The number of thioether (sulfide) groups is 1. The van der Waals surface area contributed by atoms with Crippen LogP contribution in [0.5, 0.6) is 0 Å². The Bertz CT molecular complexity index is 1340. The van der Waals surface area contributed by atoms with E-state index in [0.29, 0.717) is 10.7 Å². The van der Waals surface area contributed by atoms with Crippen molar-refractivity contribution in [2.75, 3.05) is 5.75 Å². The maximum absolute atomic E-state index is 13.8.